The SMILES string of the molecule is O=C(O)CN1C(=O)/C(=C\c2cnn(Cc3ccccc3)c2)SC1=S. The minimum Gasteiger partial charge on any atom is -0.480 e. The van der Waals surface area contributed by atoms with Crippen LogP contribution in [0.25, 0.3) is 6.08 Å². The summed E-state index contributed by atoms with van der Waals surface area (Å²) in [6.07, 6.45) is 5.17. The Labute approximate surface area is 147 Å². The van der Waals surface area contributed by atoms with Crippen LogP contribution >= 0.6 is 24.0 Å². The first-order valence-corrected chi connectivity index (χ1v) is 8.29. The van der Waals surface area contributed by atoms with Crippen molar-refractivity contribution >= 4 is 46.3 Å². The van der Waals surface area contributed by atoms with Gasteiger partial charge >= 0.3 is 5.97 Å². The number of benzene rings is 1. The van der Waals surface area contributed by atoms with Gasteiger partial charge in [0.1, 0.15) is 10.9 Å². The van der Waals surface area contributed by atoms with Crippen LogP contribution in [0.4, 0.5) is 0 Å². The van der Waals surface area contributed by atoms with E-state index in [1.807, 2.05) is 36.5 Å². The summed E-state index contributed by atoms with van der Waals surface area (Å²) in [4.78, 5) is 24.5. The standard InChI is InChI=1S/C16H13N3O3S2/c20-14(21)10-19-15(22)13(24-16(19)23)6-12-7-17-18(9-12)8-11-4-2-1-3-5-11/h1-7,9H,8,10H2,(H,20,21)/b13-6+. The Morgan fingerprint density at radius 3 is 2.79 bits per heavy atom. The molecule has 1 amide bonds. The van der Waals surface area contributed by atoms with E-state index in [-0.39, 0.29) is 10.2 Å². The van der Waals surface area contributed by atoms with Crippen LogP contribution in [0.2, 0.25) is 0 Å². The van der Waals surface area contributed by atoms with Crippen LogP contribution < -0.4 is 0 Å². The second-order valence-corrected chi connectivity index (χ2v) is 6.79. The molecule has 8 heteroatoms. The number of hydrogen-bond donors (Lipinski definition) is 1. The number of amides is 1. The Balaban J connectivity index is 1.74. The van der Waals surface area contributed by atoms with Crippen LogP contribution in [0.5, 0.6) is 0 Å². The molecule has 3 rings (SSSR count). The van der Waals surface area contributed by atoms with Crippen molar-refractivity contribution in [2.24, 2.45) is 0 Å². The molecule has 6 nitrogen and oxygen atoms in total. The number of thioether (sulfide) groups is 1. The van der Waals surface area contributed by atoms with E-state index in [1.54, 1.807) is 17.0 Å². The van der Waals surface area contributed by atoms with Gasteiger partial charge in [-0.2, -0.15) is 5.10 Å². The van der Waals surface area contributed by atoms with Crippen molar-refractivity contribution in [3.8, 4) is 0 Å². The Morgan fingerprint density at radius 2 is 2.08 bits per heavy atom. The number of carbonyl (C=O) groups excluding carboxylic acids is 1. The van der Waals surface area contributed by atoms with Crippen molar-refractivity contribution in [2.45, 2.75) is 6.54 Å². The minimum absolute atomic E-state index is 0.255. The van der Waals surface area contributed by atoms with E-state index in [1.165, 1.54) is 0 Å². The fourth-order valence-electron chi connectivity index (χ4n) is 2.23. The monoisotopic (exact) mass is 359 g/mol. The third-order valence-corrected chi connectivity index (χ3v) is 4.68. The molecule has 0 bridgehead atoms. The number of carbonyl (C=O) groups is 2. The normalized spacial score (nSPS) is 16.2. The predicted octanol–water partition coefficient (Wildman–Crippen LogP) is 2.22. The predicted molar refractivity (Wildman–Crippen MR) is 95.3 cm³/mol. The molecule has 1 N–H and O–H groups in total. The smallest absolute Gasteiger partial charge is 0.323 e. The molecule has 122 valence electrons. The number of aliphatic carboxylic acids is 1. The van der Waals surface area contributed by atoms with Gasteiger partial charge in [-0.05, 0) is 11.6 Å². The number of aromatic nitrogens is 2. The van der Waals surface area contributed by atoms with Gasteiger partial charge in [0.2, 0.25) is 0 Å². The summed E-state index contributed by atoms with van der Waals surface area (Å²) in [7, 11) is 0. The lowest BCUT2D eigenvalue weighted by molar-refractivity contribution is -0.140. The lowest BCUT2D eigenvalue weighted by Gasteiger charge is -2.09. The van der Waals surface area contributed by atoms with Gasteiger partial charge in [0.25, 0.3) is 5.91 Å². The van der Waals surface area contributed by atoms with E-state index in [2.05, 4.69) is 5.10 Å². The van der Waals surface area contributed by atoms with Gasteiger partial charge in [-0.1, -0.05) is 54.3 Å². The highest BCUT2D eigenvalue weighted by molar-refractivity contribution is 8.26. The van der Waals surface area contributed by atoms with Crippen molar-refractivity contribution in [1.82, 2.24) is 14.7 Å². The first-order chi connectivity index (χ1) is 11.5. The van der Waals surface area contributed by atoms with Crippen LogP contribution in [0.15, 0.2) is 47.6 Å². The molecule has 2 heterocycles. The Kier molecular flexibility index (Phi) is 4.77. The Bertz CT molecular complexity index is 830. The van der Waals surface area contributed by atoms with Crippen LogP contribution in [0.1, 0.15) is 11.1 Å². The van der Waals surface area contributed by atoms with Crippen LogP contribution in [0.3, 0.4) is 0 Å². The van der Waals surface area contributed by atoms with Crippen molar-refractivity contribution in [2.75, 3.05) is 6.54 Å². The van der Waals surface area contributed by atoms with Crippen LogP contribution in [-0.2, 0) is 16.1 Å². The van der Waals surface area contributed by atoms with E-state index < -0.39 is 12.5 Å². The molecule has 0 atom stereocenters. The topological polar surface area (TPSA) is 75.4 Å². The van der Waals surface area contributed by atoms with E-state index >= 15 is 0 Å². The van der Waals surface area contributed by atoms with Crippen molar-refractivity contribution < 1.29 is 14.7 Å². The van der Waals surface area contributed by atoms with E-state index in [4.69, 9.17) is 17.3 Å². The highest BCUT2D eigenvalue weighted by Crippen LogP contribution is 2.32. The summed E-state index contributed by atoms with van der Waals surface area (Å²) >= 11 is 6.16. The first kappa shape index (κ1) is 16.4. The van der Waals surface area contributed by atoms with Crippen molar-refractivity contribution in [1.29, 1.82) is 0 Å². The number of carboxylic acids is 1. The average Bonchev–Trinajstić information content (AvgIpc) is 3.08. The lowest BCUT2D eigenvalue weighted by atomic mass is 10.2. The summed E-state index contributed by atoms with van der Waals surface area (Å²) in [6, 6.07) is 9.91. The van der Waals surface area contributed by atoms with E-state index in [0.717, 1.165) is 27.8 Å². The van der Waals surface area contributed by atoms with Gasteiger partial charge in [-0.15, -0.1) is 0 Å². The molecule has 1 aliphatic rings. The number of hydrogen-bond acceptors (Lipinski definition) is 5. The Morgan fingerprint density at radius 1 is 1.33 bits per heavy atom. The van der Waals surface area contributed by atoms with Crippen molar-refractivity contribution in [3.05, 3.63) is 58.8 Å². The van der Waals surface area contributed by atoms with Gasteiger partial charge in [0.15, 0.2) is 0 Å². The number of thiocarbonyl (C=S) groups is 1. The van der Waals surface area contributed by atoms with Crippen LogP contribution in [0, 0.1) is 0 Å². The quantitative estimate of drug-likeness (QED) is 0.652. The fraction of sp³-hybridized carbons (Fsp3) is 0.125. The molecule has 0 saturated carbocycles. The zero-order valence-corrected chi connectivity index (χ0v) is 14.1. The second-order valence-electron chi connectivity index (χ2n) is 5.12. The maximum Gasteiger partial charge on any atom is 0.323 e. The number of carboxylic acid groups (broad SMARTS) is 1. The summed E-state index contributed by atoms with van der Waals surface area (Å²) in [5.74, 6) is -1.48. The molecular formula is C16H13N3O3S2. The molecule has 1 saturated heterocycles. The zero-order chi connectivity index (χ0) is 17.1. The third-order valence-electron chi connectivity index (χ3n) is 3.31. The van der Waals surface area contributed by atoms with E-state index in [0.29, 0.717) is 11.4 Å². The molecule has 0 unspecified atom stereocenters. The highest BCUT2D eigenvalue weighted by atomic mass is 32.2. The Hall–Kier alpha value is -2.45. The first-order valence-electron chi connectivity index (χ1n) is 7.06. The summed E-state index contributed by atoms with van der Waals surface area (Å²) in [6.45, 7) is 0.212. The number of nitrogens with zero attached hydrogens (tertiary/aromatic N) is 3. The molecule has 0 spiro atoms. The molecule has 0 aliphatic carbocycles. The highest BCUT2D eigenvalue weighted by Gasteiger charge is 2.33. The van der Waals surface area contributed by atoms with Crippen LogP contribution in [-0.4, -0.2) is 42.5 Å². The van der Waals surface area contributed by atoms with E-state index in [9.17, 15) is 9.59 Å². The maximum absolute atomic E-state index is 12.2. The van der Waals surface area contributed by atoms with Gasteiger partial charge in [-0.3, -0.25) is 19.2 Å². The van der Waals surface area contributed by atoms with Crippen molar-refractivity contribution in [3.63, 3.8) is 0 Å². The van der Waals surface area contributed by atoms with Gasteiger partial charge < -0.3 is 5.11 Å². The molecule has 1 aliphatic heterocycles. The summed E-state index contributed by atoms with van der Waals surface area (Å²) < 4.78 is 2.03. The molecule has 24 heavy (non-hydrogen) atoms. The molecule has 2 aromatic rings. The largest absolute Gasteiger partial charge is 0.480 e. The second kappa shape index (κ2) is 6.98. The summed E-state index contributed by atoms with van der Waals surface area (Å²) in [5, 5.41) is 13.1. The molecule has 0 radical (unpaired) electrons. The average molecular weight is 359 g/mol. The maximum atomic E-state index is 12.2. The van der Waals surface area contributed by atoms with Gasteiger partial charge in [0.05, 0.1) is 17.6 Å². The third kappa shape index (κ3) is 3.72. The molecular weight excluding hydrogens is 346 g/mol. The zero-order valence-electron chi connectivity index (χ0n) is 12.5. The number of rotatable bonds is 5. The molecule has 1 aromatic carbocycles. The van der Waals surface area contributed by atoms with Gasteiger partial charge in [0, 0.05) is 11.8 Å². The summed E-state index contributed by atoms with van der Waals surface area (Å²) in [5.41, 5.74) is 1.89. The lowest BCUT2D eigenvalue weighted by Crippen LogP contribution is -2.33. The molecule has 1 aromatic heterocycles. The van der Waals surface area contributed by atoms with Gasteiger partial charge in [-0.25, -0.2) is 0 Å². The fourth-order valence-corrected chi connectivity index (χ4v) is 3.49. The minimum atomic E-state index is -1.09. The molecule has 1 fully saturated rings.